The first-order valence-corrected chi connectivity index (χ1v) is 7.34. The second-order valence-corrected chi connectivity index (χ2v) is 6.19. The van der Waals surface area contributed by atoms with E-state index in [0.717, 1.165) is 10.9 Å². The first kappa shape index (κ1) is 11.7. The number of anilines is 1. The molecule has 0 radical (unpaired) electrons. The third-order valence-corrected chi connectivity index (χ3v) is 4.54. The van der Waals surface area contributed by atoms with E-state index < -0.39 is 0 Å². The molecule has 2 aromatic rings. The Labute approximate surface area is 112 Å². The molecule has 2 unspecified atom stereocenters. The van der Waals surface area contributed by atoms with Crippen molar-refractivity contribution in [3.63, 3.8) is 0 Å². The average molecular weight is 259 g/mol. The molecule has 0 amide bonds. The number of rotatable bonds is 3. The summed E-state index contributed by atoms with van der Waals surface area (Å²) in [5.74, 6) is 1.20. The number of aromatic nitrogens is 2. The summed E-state index contributed by atoms with van der Waals surface area (Å²) in [5, 5.41) is 8.64. The molecule has 18 heavy (non-hydrogen) atoms. The van der Waals surface area contributed by atoms with Gasteiger partial charge in [-0.05, 0) is 30.7 Å². The fourth-order valence-corrected chi connectivity index (χ4v) is 3.46. The maximum Gasteiger partial charge on any atom is 0.0666 e. The van der Waals surface area contributed by atoms with Crippen LogP contribution in [0.5, 0.6) is 0 Å². The van der Waals surface area contributed by atoms with Gasteiger partial charge in [0.2, 0.25) is 0 Å². The van der Waals surface area contributed by atoms with Crippen molar-refractivity contribution in [2.24, 2.45) is 0 Å². The highest BCUT2D eigenvalue weighted by atomic mass is 32.2. The van der Waals surface area contributed by atoms with Crippen LogP contribution in [0.2, 0.25) is 0 Å². The van der Waals surface area contributed by atoms with Gasteiger partial charge in [0.05, 0.1) is 5.69 Å². The molecule has 1 fully saturated rings. The third kappa shape index (κ3) is 2.53. The summed E-state index contributed by atoms with van der Waals surface area (Å²) in [4.78, 5) is 0. The van der Waals surface area contributed by atoms with Crippen LogP contribution in [-0.4, -0.2) is 26.8 Å². The maximum atomic E-state index is 4.26. The summed E-state index contributed by atoms with van der Waals surface area (Å²) in [7, 11) is 0. The van der Waals surface area contributed by atoms with E-state index in [1.165, 1.54) is 17.9 Å². The van der Waals surface area contributed by atoms with Crippen LogP contribution in [0.4, 0.5) is 5.69 Å². The zero-order valence-electron chi connectivity index (χ0n) is 10.4. The Bertz CT molecular complexity index is 510. The first-order chi connectivity index (χ1) is 8.81. The Hall–Kier alpha value is -1.42. The molecule has 3 rings (SSSR count). The van der Waals surface area contributed by atoms with Gasteiger partial charge < -0.3 is 5.32 Å². The van der Waals surface area contributed by atoms with Gasteiger partial charge in [0.15, 0.2) is 0 Å². The summed E-state index contributed by atoms with van der Waals surface area (Å²) in [6.07, 6.45) is 5.01. The van der Waals surface area contributed by atoms with Gasteiger partial charge in [-0.15, -0.1) is 0 Å². The van der Waals surface area contributed by atoms with E-state index in [2.05, 4.69) is 41.6 Å². The van der Waals surface area contributed by atoms with Crippen LogP contribution < -0.4 is 5.32 Å². The lowest BCUT2D eigenvalue weighted by molar-refractivity contribution is 0.747. The van der Waals surface area contributed by atoms with E-state index in [1.807, 2.05) is 28.7 Å². The van der Waals surface area contributed by atoms with E-state index in [0.29, 0.717) is 6.04 Å². The molecule has 3 nitrogen and oxygen atoms in total. The smallest absolute Gasteiger partial charge is 0.0666 e. The topological polar surface area (TPSA) is 29.9 Å². The summed E-state index contributed by atoms with van der Waals surface area (Å²) in [6, 6.07) is 11.0. The van der Waals surface area contributed by atoms with Crippen molar-refractivity contribution in [3.8, 4) is 5.69 Å². The van der Waals surface area contributed by atoms with E-state index in [9.17, 15) is 0 Å². The molecule has 1 N–H and O–H groups in total. The zero-order valence-corrected chi connectivity index (χ0v) is 11.2. The fraction of sp³-hybridized carbons (Fsp3) is 0.357. The normalized spacial score (nSPS) is 23.2. The van der Waals surface area contributed by atoms with Crippen LogP contribution in [0.25, 0.3) is 5.69 Å². The predicted octanol–water partition coefficient (Wildman–Crippen LogP) is 3.18. The molecule has 0 saturated carbocycles. The Balaban J connectivity index is 1.75. The van der Waals surface area contributed by atoms with Crippen LogP contribution in [0.3, 0.4) is 0 Å². The molecular weight excluding hydrogens is 242 g/mol. The molecule has 4 heteroatoms. The Morgan fingerprint density at radius 3 is 3.06 bits per heavy atom. The fourth-order valence-electron chi connectivity index (χ4n) is 2.31. The maximum absolute atomic E-state index is 4.26. The van der Waals surface area contributed by atoms with Crippen molar-refractivity contribution in [1.29, 1.82) is 0 Å². The number of hydrogen-bond donors (Lipinski definition) is 1. The number of nitrogens with zero attached hydrogens (tertiary/aromatic N) is 2. The SMILES string of the molecule is CC1CC(Nc2cccc(-n3cccn3)c2)CS1. The average Bonchev–Trinajstić information content (AvgIpc) is 3.01. The molecule has 1 aliphatic heterocycles. The molecular formula is C14H17N3S. The molecule has 0 spiro atoms. The minimum absolute atomic E-state index is 0.595. The number of thioether (sulfide) groups is 1. The summed E-state index contributed by atoms with van der Waals surface area (Å²) < 4.78 is 1.89. The second-order valence-electron chi connectivity index (χ2n) is 4.72. The molecule has 2 heterocycles. The summed E-state index contributed by atoms with van der Waals surface area (Å²) >= 11 is 2.05. The van der Waals surface area contributed by atoms with Gasteiger partial charge in [0, 0.05) is 35.1 Å². The van der Waals surface area contributed by atoms with Gasteiger partial charge in [0.1, 0.15) is 0 Å². The van der Waals surface area contributed by atoms with Gasteiger partial charge in [-0.25, -0.2) is 4.68 Å². The van der Waals surface area contributed by atoms with Crippen LogP contribution in [0, 0.1) is 0 Å². The molecule has 1 aromatic carbocycles. The molecule has 1 saturated heterocycles. The molecule has 94 valence electrons. The van der Waals surface area contributed by atoms with Crippen molar-refractivity contribution in [2.75, 3.05) is 11.1 Å². The quantitative estimate of drug-likeness (QED) is 0.918. The van der Waals surface area contributed by atoms with E-state index in [1.54, 1.807) is 6.20 Å². The number of hydrogen-bond acceptors (Lipinski definition) is 3. The van der Waals surface area contributed by atoms with Crippen LogP contribution >= 0.6 is 11.8 Å². The highest BCUT2D eigenvalue weighted by molar-refractivity contribution is 8.00. The van der Waals surface area contributed by atoms with E-state index >= 15 is 0 Å². The van der Waals surface area contributed by atoms with Gasteiger partial charge >= 0.3 is 0 Å². The lowest BCUT2D eigenvalue weighted by atomic mass is 10.2. The summed E-state index contributed by atoms with van der Waals surface area (Å²) in [5.41, 5.74) is 2.28. The van der Waals surface area contributed by atoms with Crippen molar-refractivity contribution in [1.82, 2.24) is 9.78 Å². The lowest BCUT2D eigenvalue weighted by Crippen LogP contribution is -2.18. The second kappa shape index (κ2) is 5.06. The van der Waals surface area contributed by atoms with Crippen molar-refractivity contribution in [3.05, 3.63) is 42.7 Å². The zero-order chi connectivity index (χ0) is 12.4. The van der Waals surface area contributed by atoms with E-state index in [-0.39, 0.29) is 0 Å². The third-order valence-electron chi connectivity index (χ3n) is 3.18. The minimum Gasteiger partial charge on any atom is -0.381 e. The van der Waals surface area contributed by atoms with Crippen LogP contribution in [-0.2, 0) is 0 Å². The standard InChI is InChI=1S/C14H17N3S/c1-11-8-13(10-18-11)16-12-4-2-5-14(9-12)17-7-3-6-15-17/h2-7,9,11,13,16H,8,10H2,1H3. The molecule has 1 aromatic heterocycles. The molecule has 2 atom stereocenters. The van der Waals surface area contributed by atoms with Crippen molar-refractivity contribution >= 4 is 17.4 Å². The number of nitrogens with one attached hydrogen (secondary N) is 1. The highest BCUT2D eigenvalue weighted by Gasteiger charge is 2.21. The van der Waals surface area contributed by atoms with Gasteiger partial charge in [0.25, 0.3) is 0 Å². The Kier molecular flexibility index (Phi) is 3.28. The minimum atomic E-state index is 0.595. The predicted molar refractivity (Wildman–Crippen MR) is 77.5 cm³/mol. The molecule has 1 aliphatic rings. The lowest BCUT2D eigenvalue weighted by Gasteiger charge is -2.14. The van der Waals surface area contributed by atoms with Crippen molar-refractivity contribution in [2.45, 2.75) is 24.6 Å². The number of benzene rings is 1. The van der Waals surface area contributed by atoms with Crippen molar-refractivity contribution < 1.29 is 0 Å². The first-order valence-electron chi connectivity index (χ1n) is 6.29. The monoisotopic (exact) mass is 259 g/mol. The van der Waals surface area contributed by atoms with Gasteiger partial charge in [-0.2, -0.15) is 16.9 Å². The summed E-state index contributed by atoms with van der Waals surface area (Å²) in [6.45, 7) is 2.30. The van der Waals surface area contributed by atoms with Gasteiger partial charge in [-0.3, -0.25) is 0 Å². The van der Waals surface area contributed by atoms with Crippen LogP contribution in [0.15, 0.2) is 42.7 Å². The van der Waals surface area contributed by atoms with E-state index in [4.69, 9.17) is 0 Å². The molecule has 0 aliphatic carbocycles. The largest absolute Gasteiger partial charge is 0.381 e. The molecule has 0 bridgehead atoms. The Morgan fingerprint density at radius 1 is 1.39 bits per heavy atom. The van der Waals surface area contributed by atoms with Crippen LogP contribution in [0.1, 0.15) is 13.3 Å². The Morgan fingerprint density at radius 2 is 2.33 bits per heavy atom. The highest BCUT2D eigenvalue weighted by Crippen LogP contribution is 2.28. The van der Waals surface area contributed by atoms with Gasteiger partial charge in [-0.1, -0.05) is 13.0 Å².